The lowest BCUT2D eigenvalue weighted by Gasteiger charge is -2.16. The Kier molecular flexibility index (Phi) is 5.29. The molecule has 20 heavy (non-hydrogen) atoms. The molecule has 2 rings (SSSR count). The van der Waals surface area contributed by atoms with Crippen LogP contribution in [0.25, 0.3) is 0 Å². The van der Waals surface area contributed by atoms with Crippen LogP contribution in [0.3, 0.4) is 0 Å². The third-order valence-electron chi connectivity index (χ3n) is 3.33. The van der Waals surface area contributed by atoms with Gasteiger partial charge in [0.2, 0.25) is 0 Å². The van der Waals surface area contributed by atoms with E-state index in [1.165, 1.54) is 19.5 Å². The first-order chi connectivity index (χ1) is 9.74. The monoisotopic (exact) mass is 279 g/mol. The molecule has 0 N–H and O–H groups in total. The van der Waals surface area contributed by atoms with Crippen molar-refractivity contribution in [1.82, 2.24) is 14.9 Å². The Morgan fingerprint density at radius 1 is 1.45 bits per heavy atom. The maximum Gasteiger partial charge on any atom is 0.316 e. The molecule has 0 aromatic carbocycles. The quantitative estimate of drug-likeness (QED) is 0.736. The molecule has 1 aliphatic rings. The zero-order valence-corrected chi connectivity index (χ0v) is 12.0. The Morgan fingerprint density at radius 2 is 2.20 bits per heavy atom. The number of amides is 1. The summed E-state index contributed by atoms with van der Waals surface area (Å²) in [6.45, 7) is 5.13. The van der Waals surface area contributed by atoms with E-state index in [1.807, 2.05) is 4.90 Å². The van der Waals surface area contributed by atoms with Crippen molar-refractivity contribution in [3.63, 3.8) is 0 Å². The van der Waals surface area contributed by atoms with Crippen molar-refractivity contribution < 1.29 is 14.3 Å². The fraction of sp³-hybridized carbons (Fsp3) is 0.643. The van der Waals surface area contributed by atoms with Gasteiger partial charge in [0.25, 0.3) is 5.91 Å². The average molecular weight is 279 g/mol. The standard InChI is InChI=1S/C14H21N3O3/c1-3-6-20-10-11-4-5-17(9-11)13(18)12-7-15-14(19-2)16-8-12/h7-8,11H,3-6,9-10H2,1-2H3/t11-/m1/s1. The molecule has 110 valence electrons. The lowest BCUT2D eigenvalue weighted by Crippen LogP contribution is -2.29. The van der Waals surface area contributed by atoms with Gasteiger partial charge in [0, 0.05) is 38.0 Å². The van der Waals surface area contributed by atoms with Crippen molar-refractivity contribution >= 4 is 5.91 Å². The van der Waals surface area contributed by atoms with Crippen LogP contribution in [0.2, 0.25) is 0 Å². The molecule has 1 saturated heterocycles. The molecule has 1 amide bonds. The highest BCUT2D eigenvalue weighted by Gasteiger charge is 2.27. The normalized spacial score (nSPS) is 18.3. The molecule has 0 radical (unpaired) electrons. The smallest absolute Gasteiger partial charge is 0.316 e. The van der Waals surface area contributed by atoms with Gasteiger partial charge in [-0.1, -0.05) is 6.92 Å². The van der Waals surface area contributed by atoms with Gasteiger partial charge in [-0.25, -0.2) is 9.97 Å². The third kappa shape index (κ3) is 3.66. The third-order valence-corrected chi connectivity index (χ3v) is 3.33. The van der Waals surface area contributed by atoms with Crippen LogP contribution < -0.4 is 4.74 Å². The second-order valence-corrected chi connectivity index (χ2v) is 4.94. The number of rotatable bonds is 6. The minimum Gasteiger partial charge on any atom is -0.467 e. The van der Waals surface area contributed by atoms with Crippen LogP contribution in [-0.2, 0) is 4.74 Å². The topological polar surface area (TPSA) is 64.5 Å². The van der Waals surface area contributed by atoms with Gasteiger partial charge in [0.1, 0.15) is 0 Å². The van der Waals surface area contributed by atoms with Crippen LogP contribution >= 0.6 is 0 Å². The van der Waals surface area contributed by atoms with E-state index < -0.39 is 0 Å². The second kappa shape index (κ2) is 7.19. The number of nitrogens with zero attached hydrogens (tertiary/aromatic N) is 3. The van der Waals surface area contributed by atoms with E-state index >= 15 is 0 Å². The first kappa shape index (κ1) is 14.7. The fourth-order valence-corrected chi connectivity index (χ4v) is 2.26. The van der Waals surface area contributed by atoms with Gasteiger partial charge in [-0.2, -0.15) is 0 Å². The summed E-state index contributed by atoms with van der Waals surface area (Å²) in [6.07, 6.45) is 5.04. The molecular formula is C14H21N3O3. The SMILES string of the molecule is CCCOC[C@@H]1CCN(C(=O)c2cnc(OC)nc2)C1. The van der Waals surface area contributed by atoms with Crippen molar-refractivity contribution in [2.24, 2.45) is 5.92 Å². The first-order valence-electron chi connectivity index (χ1n) is 6.97. The molecule has 1 aliphatic heterocycles. The molecule has 0 spiro atoms. The number of likely N-dealkylation sites (tertiary alicyclic amines) is 1. The summed E-state index contributed by atoms with van der Waals surface area (Å²) in [4.78, 5) is 22.1. The van der Waals surface area contributed by atoms with Gasteiger partial charge in [-0.05, 0) is 12.8 Å². The summed E-state index contributed by atoms with van der Waals surface area (Å²) in [6, 6.07) is 0.272. The largest absolute Gasteiger partial charge is 0.467 e. The summed E-state index contributed by atoms with van der Waals surface area (Å²) in [5, 5.41) is 0. The zero-order chi connectivity index (χ0) is 14.4. The Hall–Kier alpha value is -1.69. The molecule has 0 aliphatic carbocycles. The van der Waals surface area contributed by atoms with Crippen molar-refractivity contribution in [3.8, 4) is 6.01 Å². The number of methoxy groups -OCH3 is 1. The number of ether oxygens (including phenoxy) is 2. The number of carbonyl (C=O) groups excluding carboxylic acids is 1. The molecule has 0 saturated carbocycles. The van der Waals surface area contributed by atoms with E-state index in [1.54, 1.807) is 0 Å². The van der Waals surface area contributed by atoms with Crippen LogP contribution in [0.4, 0.5) is 0 Å². The van der Waals surface area contributed by atoms with Crippen molar-refractivity contribution in [3.05, 3.63) is 18.0 Å². The van der Waals surface area contributed by atoms with E-state index in [0.29, 0.717) is 11.5 Å². The summed E-state index contributed by atoms with van der Waals surface area (Å²) >= 11 is 0. The van der Waals surface area contributed by atoms with E-state index in [2.05, 4.69) is 16.9 Å². The summed E-state index contributed by atoms with van der Waals surface area (Å²) < 4.78 is 10.4. The van der Waals surface area contributed by atoms with Crippen LogP contribution in [0, 0.1) is 5.92 Å². The minimum absolute atomic E-state index is 0.0226. The predicted octanol–water partition coefficient (Wildman–Crippen LogP) is 1.37. The number of hydrogen-bond acceptors (Lipinski definition) is 5. The first-order valence-corrected chi connectivity index (χ1v) is 6.97. The maximum absolute atomic E-state index is 12.3. The van der Waals surface area contributed by atoms with Crippen LogP contribution in [-0.4, -0.2) is 54.2 Å². The number of hydrogen-bond donors (Lipinski definition) is 0. The molecule has 0 unspecified atom stereocenters. The van der Waals surface area contributed by atoms with E-state index in [0.717, 1.165) is 39.1 Å². The Balaban J connectivity index is 1.87. The Bertz CT molecular complexity index is 436. The lowest BCUT2D eigenvalue weighted by atomic mass is 10.1. The zero-order valence-electron chi connectivity index (χ0n) is 12.0. The molecule has 1 atom stereocenters. The van der Waals surface area contributed by atoms with Gasteiger partial charge in [-0.15, -0.1) is 0 Å². The summed E-state index contributed by atoms with van der Waals surface area (Å²) in [5.41, 5.74) is 0.501. The van der Waals surface area contributed by atoms with E-state index in [9.17, 15) is 4.79 Å². The van der Waals surface area contributed by atoms with Crippen LogP contribution in [0.1, 0.15) is 30.1 Å². The summed E-state index contributed by atoms with van der Waals surface area (Å²) in [5.74, 6) is 0.412. The van der Waals surface area contributed by atoms with Gasteiger partial charge >= 0.3 is 6.01 Å². The number of aromatic nitrogens is 2. The molecular weight excluding hydrogens is 258 g/mol. The maximum atomic E-state index is 12.3. The molecule has 6 nitrogen and oxygen atoms in total. The van der Waals surface area contributed by atoms with E-state index in [4.69, 9.17) is 9.47 Å². The molecule has 1 aromatic heterocycles. The number of carbonyl (C=O) groups is 1. The second-order valence-electron chi connectivity index (χ2n) is 4.94. The van der Waals surface area contributed by atoms with E-state index in [-0.39, 0.29) is 11.9 Å². The molecule has 0 bridgehead atoms. The van der Waals surface area contributed by atoms with Crippen molar-refractivity contribution in [2.75, 3.05) is 33.4 Å². The highest BCUT2D eigenvalue weighted by molar-refractivity contribution is 5.93. The lowest BCUT2D eigenvalue weighted by molar-refractivity contribution is 0.0753. The molecule has 1 aromatic rings. The molecule has 1 fully saturated rings. The van der Waals surface area contributed by atoms with Crippen molar-refractivity contribution in [2.45, 2.75) is 19.8 Å². The van der Waals surface area contributed by atoms with Gasteiger partial charge in [0.05, 0.1) is 19.3 Å². The van der Waals surface area contributed by atoms with Gasteiger partial charge in [0.15, 0.2) is 0 Å². The van der Waals surface area contributed by atoms with Gasteiger partial charge in [-0.3, -0.25) is 4.79 Å². The summed E-state index contributed by atoms with van der Waals surface area (Å²) in [7, 11) is 1.50. The fourth-order valence-electron chi connectivity index (χ4n) is 2.26. The average Bonchev–Trinajstić information content (AvgIpc) is 2.96. The van der Waals surface area contributed by atoms with Gasteiger partial charge < -0.3 is 14.4 Å². The highest BCUT2D eigenvalue weighted by Crippen LogP contribution is 2.19. The molecule has 6 heteroatoms. The Labute approximate surface area is 119 Å². The minimum atomic E-state index is -0.0226. The predicted molar refractivity (Wildman–Crippen MR) is 73.7 cm³/mol. The van der Waals surface area contributed by atoms with Crippen molar-refractivity contribution in [1.29, 1.82) is 0 Å². The highest BCUT2D eigenvalue weighted by atomic mass is 16.5. The van der Waals surface area contributed by atoms with Crippen LogP contribution in [0.15, 0.2) is 12.4 Å². The molecule has 2 heterocycles. The Morgan fingerprint density at radius 3 is 2.85 bits per heavy atom. The van der Waals surface area contributed by atoms with Crippen LogP contribution in [0.5, 0.6) is 6.01 Å².